The maximum atomic E-state index is 5.59. The highest BCUT2D eigenvalue weighted by molar-refractivity contribution is 9.11. The van der Waals surface area contributed by atoms with Gasteiger partial charge in [-0.3, -0.25) is 0 Å². The highest BCUT2D eigenvalue weighted by atomic mass is 79.9. The van der Waals surface area contributed by atoms with Crippen LogP contribution in [0.15, 0.2) is 34.8 Å². The molecular weight excluding hydrogens is 223 g/mol. The molecular formula is C9H8BrCl. The molecule has 0 bridgehead atoms. The fourth-order valence-electron chi connectivity index (χ4n) is 0.769. The zero-order valence-corrected chi connectivity index (χ0v) is 8.27. The van der Waals surface area contributed by atoms with Crippen molar-refractivity contribution in [2.24, 2.45) is 0 Å². The van der Waals surface area contributed by atoms with E-state index >= 15 is 0 Å². The van der Waals surface area contributed by atoms with Gasteiger partial charge in [0.25, 0.3) is 0 Å². The average molecular weight is 232 g/mol. The van der Waals surface area contributed by atoms with Gasteiger partial charge < -0.3 is 0 Å². The van der Waals surface area contributed by atoms with E-state index in [1.54, 1.807) is 0 Å². The Morgan fingerprint density at radius 3 is 2.55 bits per heavy atom. The van der Waals surface area contributed by atoms with Crippen molar-refractivity contribution in [2.75, 3.05) is 5.88 Å². The van der Waals surface area contributed by atoms with Gasteiger partial charge in [0.05, 0.1) is 5.88 Å². The van der Waals surface area contributed by atoms with Crippen LogP contribution in [0.3, 0.4) is 0 Å². The van der Waals surface area contributed by atoms with Gasteiger partial charge in [0, 0.05) is 4.48 Å². The van der Waals surface area contributed by atoms with Crippen molar-refractivity contribution in [3.63, 3.8) is 0 Å². The van der Waals surface area contributed by atoms with Crippen LogP contribution in [0.2, 0.25) is 0 Å². The van der Waals surface area contributed by atoms with Crippen LogP contribution in [-0.4, -0.2) is 5.88 Å². The van der Waals surface area contributed by atoms with E-state index < -0.39 is 0 Å². The van der Waals surface area contributed by atoms with Crippen LogP contribution in [-0.2, 0) is 0 Å². The number of alkyl halides is 1. The number of allylic oxidation sites excluding steroid dienone is 1. The van der Waals surface area contributed by atoms with Gasteiger partial charge in [-0.2, -0.15) is 0 Å². The third-order valence-corrected chi connectivity index (χ3v) is 2.37. The molecule has 0 amide bonds. The first-order valence-corrected chi connectivity index (χ1v) is 4.63. The quantitative estimate of drug-likeness (QED) is 0.682. The Bertz CT molecular complexity index is 241. The van der Waals surface area contributed by atoms with E-state index in [0.717, 1.165) is 4.48 Å². The summed E-state index contributed by atoms with van der Waals surface area (Å²) in [6, 6.07) is 10.1. The summed E-state index contributed by atoms with van der Waals surface area (Å²) in [6.45, 7) is 0. The third-order valence-electron chi connectivity index (χ3n) is 1.25. The molecule has 0 heterocycles. The van der Waals surface area contributed by atoms with E-state index in [0.29, 0.717) is 5.88 Å². The molecule has 11 heavy (non-hydrogen) atoms. The Hall–Kier alpha value is -0.270. The van der Waals surface area contributed by atoms with Gasteiger partial charge in [0.15, 0.2) is 0 Å². The zero-order chi connectivity index (χ0) is 8.10. The van der Waals surface area contributed by atoms with Gasteiger partial charge in [-0.05, 0) is 11.6 Å². The van der Waals surface area contributed by atoms with Crippen LogP contribution < -0.4 is 0 Å². The minimum absolute atomic E-state index is 0.523. The first-order chi connectivity index (χ1) is 5.33. The van der Waals surface area contributed by atoms with E-state index in [4.69, 9.17) is 11.6 Å². The lowest BCUT2D eigenvalue weighted by atomic mass is 10.2. The van der Waals surface area contributed by atoms with Crippen LogP contribution in [0.4, 0.5) is 0 Å². The Kier molecular flexibility index (Phi) is 3.67. The smallest absolute Gasteiger partial charge is 0.0540 e. The SMILES string of the molecule is ClC/C(Br)=C/c1ccccc1. The zero-order valence-electron chi connectivity index (χ0n) is 5.93. The summed E-state index contributed by atoms with van der Waals surface area (Å²) >= 11 is 8.93. The Morgan fingerprint density at radius 1 is 1.36 bits per heavy atom. The second-order valence-corrected chi connectivity index (χ2v) is 3.42. The fraction of sp³-hybridized carbons (Fsp3) is 0.111. The van der Waals surface area contributed by atoms with Crippen LogP contribution in [0.25, 0.3) is 6.08 Å². The predicted molar refractivity (Wildman–Crippen MR) is 54.1 cm³/mol. The van der Waals surface area contributed by atoms with E-state index in [-0.39, 0.29) is 0 Å². The Labute approximate surface area is 80.0 Å². The molecule has 58 valence electrons. The summed E-state index contributed by atoms with van der Waals surface area (Å²) < 4.78 is 1.00. The molecule has 0 saturated carbocycles. The largest absolute Gasteiger partial charge is 0.121 e. The van der Waals surface area contributed by atoms with Crippen LogP contribution >= 0.6 is 27.5 Å². The summed E-state index contributed by atoms with van der Waals surface area (Å²) in [5.74, 6) is 0.523. The lowest BCUT2D eigenvalue weighted by Crippen LogP contribution is -1.73. The maximum Gasteiger partial charge on any atom is 0.0540 e. The molecule has 1 aromatic carbocycles. The predicted octanol–water partition coefficient (Wildman–Crippen LogP) is 3.66. The van der Waals surface area contributed by atoms with Gasteiger partial charge in [0.1, 0.15) is 0 Å². The van der Waals surface area contributed by atoms with Crippen molar-refractivity contribution in [3.05, 3.63) is 40.4 Å². The fourth-order valence-corrected chi connectivity index (χ4v) is 1.11. The second-order valence-electron chi connectivity index (χ2n) is 2.14. The van der Waals surface area contributed by atoms with Gasteiger partial charge in [-0.25, -0.2) is 0 Å². The maximum absolute atomic E-state index is 5.59. The Morgan fingerprint density at radius 2 is 2.00 bits per heavy atom. The molecule has 0 fully saturated rings. The Balaban J connectivity index is 2.79. The van der Waals surface area contributed by atoms with E-state index in [9.17, 15) is 0 Å². The summed E-state index contributed by atoms with van der Waals surface area (Å²) in [5.41, 5.74) is 1.17. The van der Waals surface area contributed by atoms with E-state index in [1.165, 1.54) is 5.56 Å². The first kappa shape index (κ1) is 8.82. The molecule has 2 heteroatoms. The van der Waals surface area contributed by atoms with Crippen LogP contribution in [0, 0.1) is 0 Å². The third kappa shape index (κ3) is 3.08. The van der Waals surface area contributed by atoms with E-state index in [2.05, 4.69) is 15.9 Å². The molecule has 1 rings (SSSR count). The van der Waals surface area contributed by atoms with E-state index in [1.807, 2.05) is 36.4 Å². The number of halogens is 2. The normalized spacial score (nSPS) is 11.6. The minimum Gasteiger partial charge on any atom is -0.121 e. The molecule has 0 aliphatic heterocycles. The van der Waals surface area contributed by atoms with Crippen molar-refractivity contribution >= 4 is 33.6 Å². The molecule has 0 spiro atoms. The van der Waals surface area contributed by atoms with Gasteiger partial charge in [0.2, 0.25) is 0 Å². The monoisotopic (exact) mass is 230 g/mol. The van der Waals surface area contributed by atoms with Crippen molar-refractivity contribution in [3.8, 4) is 0 Å². The molecule has 0 radical (unpaired) electrons. The van der Waals surface area contributed by atoms with Gasteiger partial charge in [-0.1, -0.05) is 46.3 Å². The lowest BCUT2D eigenvalue weighted by Gasteiger charge is -1.92. The number of hydrogen-bond acceptors (Lipinski definition) is 0. The molecule has 0 aliphatic rings. The molecule has 0 aromatic heterocycles. The lowest BCUT2D eigenvalue weighted by molar-refractivity contribution is 1.64. The molecule has 0 nitrogen and oxygen atoms in total. The molecule has 0 atom stereocenters. The molecule has 1 aromatic rings. The second kappa shape index (κ2) is 4.58. The van der Waals surface area contributed by atoms with Crippen molar-refractivity contribution in [2.45, 2.75) is 0 Å². The summed E-state index contributed by atoms with van der Waals surface area (Å²) in [5, 5.41) is 0. The topological polar surface area (TPSA) is 0 Å². The number of rotatable bonds is 2. The standard InChI is InChI=1S/C9H8BrCl/c10-9(7-11)6-8-4-2-1-3-5-8/h1-6H,7H2/b9-6-. The van der Waals surface area contributed by atoms with Gasteiger partial charge in [-0.15, -0.1) is 11.6 Å². The molecule has 0 unspecified atom stereocenters. The summed E-state index contributed by atoms with van der Waals surface area (Å²) in [4.78, 5) is 0. The van der Waals surface area contributed by atoms with Crippen LogP contribution in [0.5, 0.6) is 0 Å². The van der Waals surface area contributed by atoms with Crippen molar-refractivity contribution in [1.29, 1.82) is 0 Å². The summed E-state index contributed by atoms with van der Waals surface area (Å²) in [7, 11) is 0. The highest BCUT2D eigenvalue weighted by Gasteiger charge is 1.88. The van der Waals surface area contributed by atoms with Crippen molar-refractivity contribution < 1.29 is 0 Å². The van der Waals surface area contributed by atoms with Crippen LogP contribution in [0.1, 0.15) is 5.56 Å². The summed E-state index contributed by atoms with van der Waals surface area (Å²) in [6.07, 6.45) is 2.01. The first-order valence-electron chi connectivity index (χ1n) is 3.30. The molecule has 0 aliphatic carbocycles. The average Bonchev–Trinajstić information content (AvgIpc) is 2.06. The molecule has 0 saturated heterocycles. The van der Waals surface area contributed by atoms with Crippen molar-refractivity contribution in [1.82, 2.24) is 0 Å². The molecule has 0 N–H and O–H groups in total. The minimum atomic E-state index is 0.523. The highest BCUT2D eigenvalue weighted by Crippen LogP contribution is 2.12. The number of benzene rings is 1. The number of hydrogen-bond donors (Lipinski definition) is 0. The van der Waals surface area contributed by atoms with Gasteiger partial charge >= 0.3 is 0 Å².